The van der Waals surface area contributed by atoms with Gasteiger partial charge in [-0.1, -0.05) is 29.8 Å². The van der Waals surface area contributed by atoms with Gasteiger partial charge >= 0.3 is 0 Å². The Morgan fingerprint density at radius 1 is 1.18 bits per heavy atom. The lowest BCUT2D eigenvalue weighted by Crippen LogP contribution is -2.48. The summed E-state index contributed by atoms with van der Waals surface area (Å²) >= 11 is 7.34. The Balaban J connectivity index is 1.32. The number of carbonyl (C=O) groups is 1. The highest BCUT2D eigenvalue weighted by Gasteiger charge is 2.23. The summed E-state index contributed by atoms with van der Waals surface area (Å²) in [6.45, 7) is 3.94. The summed E-state index contributed by atoms with van der Waals surface area (Å²) in [6, 6.07) is 8.78. The quantitative estimate of drug-likeness (QED) is 0.633. The first-order chi connectivity index (χ1) is 13.6. The smallest absolute Gasteiger partial charge is 0.264 e. The van der Waals surface area contributed by atoms with Crippen LogP contribution in [0.1, 0.15) is 20.8 Å². The average Bonchev–Trinajstić information content (AvgIpc) is 3.33. The van der Waals surface area contributed by atoms with Gasteiger partial charge in [0.1, 0.15) is 5.82 Å². The minimum absolute atomic E-state index is 0.0558. The summed E-state index contributed by atoms with van der Waals surface area (Å²) in [5, 5.41) is 6.75. The highest BCUT2D eigenvalue weighted by Crippen LogP contribution is 2.20. The van der Waals surface area contributed by atoms with Gasteiger partial charge in [0.25, 0.3) is 5.91 Å². The average molecular weight is 419 g/mol. The molecule has 0 saturated carbocycles. The lowest BCUT2D eigenvalue weighted by molar-refractivity contribution is 0.0631. The van der Waals surface area contributed by atoms with Crippen LogP contribution in [0.25, 0.3) is 0 Å². The van der Waals surface area contributed by atoms with Crippen molar-refractivity contribution < 1.29 is 9.18 Å². The van der Waals surface area contributed by atoms with Crippen LogP contribution in [0.15, 0.2) is 48.1 Å². The van der Waals surface area contributed by atoms with Crippen molar-refractivity contribution in [2.45, 2.75) is 13.1 Å². The second-order valence-electron chi connectivity index (χ2n) is 6.84. The summed E-state index contributed by atoms with van der Waals surface area (Å²) < 4.78 is 15.6. The van der Waals surface area contributed by atoms with Crippen LogP contribution in [0.2, 0.25) is 5.02 Å². The zero-order valence-corrected chi connectivity index (χ0v) is 16.8. The van der Waals surface area contributed by atoms with Crippen LogP contribution in [0.5, 0.6) is 0 Å². The van der Waals surface area contributed by atoms with Gasteiger partial charge < -0.3 is 4.90 Å². The van der Waals surface area contributed by atoms with E-state index in [0.717, 1.165) is 23.5 Å². The van der Waals surface area contributed by atoms with E-state index in [-0.39, 0.29) is 11.7 Å². The standard InChI is InChI=1S/C20H20ClFN4OS/c21-17-10-23-26(13-17)11-15-9-19(28-14-15)20(27)25-7-5-24(6-8-25)12-16-3-1-2-4-18(16)22/h1-4,9-10,13-14H,5-8,11-12H2. The van der Waals surface area contributed by atoms with Crippen LogP contribution >= 0.6 is 22.9 Å². The van der Waals surface area contributed by atoms with Gasteiger partial charge in [0, 0.05) is 44.5 Å². The highest BCUT2D eigenvalue weighted by atomic mass is 35.5. The molecule has 5 nitrogen and oxygen atoms in total. The maximum Gasteiger partial charge on any atom is 0.264 e. The monoisotopic (exact) mass is 418 g/mol. The molecule has 8 heteroatoms. The van der Waals surface area contributed by atoms with E-state index in [0.29, 0.717) is 36.8 Å². The summed E-state index contributed by atoms with van der Waals surface area (Å²) in [7, 11) is 0. The minimum atomic E-state index is -0.175. The number of thiophene rings is 1. The lowest BCUT2D eigenvalue weighted by Gasteiger charge is -2.34. The molecule has 0 aliphatic carbocycles. The molecule has 0 radical (unpaired) electrons. The first kappa shape index (κ1) is 19.1. The Hall–Kier alpha value is -2.22. The third-order valence-corrected chi connectivity index (χ3v) is 5.98. The van der Waals surface area contributed by atoms with Crippen molar-refractivity contribution in [3.63, 3.8) is 0 Å². The maximum atomic E-state index is 13.8. The number of aromatic nitrogens is 2. The molecule has 0 N–H and O–H groups in total. The van der Waals surface area contributed by atoms with Crippen molar-refractivity contribution >= 4 is 28.8 Å². The Bertz CT molecular complexity index is 965. The Kier molecular flexibility index (Phi) is 5.75. The third-order valence-electron chi connectivity index (χ3n) is 4.82. The summed E-state index contributed by atoms with van der Waals surface area (Å²) in [5.41, 5.74) is 1.73. The van der Waals surface area contributed by atoms with Crippen molar-refractivity contribution in [1.29, 1.82) is 0 Å². The van der Waals surface area contributed by atoms with Gasteiger partial charge in [-0.15, -0.1) is 11.3 Å². The molecule has 28 heavy (non-hydrogen) atoms. The second kappa shape index (κ2) is 8.43. The molecule has 1 saturated heterocycles. The number of hydrogen-bond acceptors (Lipinski definition) is 4. The van der Waals surface area contributed by atoms with Crippen LogP contribution in [0.3, 0.4) is 0 Å². The fourth-order valence-corrected chi connectivity index (χ4v) is 4.34. The molecule has 0 unspecified atom stereocenters. The molecule has 0 atom stereocenters. The predicted molar refractivity (Wildman–Crippen MR) is 108 cm³/mol. The molecule has 3 heterocycles. The number of nitrogens with zero attached hydrogens (tertiary/aromatic N) is 4. The number of piperazine rings is 1. The number of rotatable bonds is 5. The van der Waals surface area contributed by atoms with E-state index in [2.05, 4.69) is 10.00 Å². The molecule has 1 aromatic carbocycles. The minimum Gasteiger partial charge on any atom is -0.335 e. The number of benzene rings is 1. The van der Waals surface area contributed by atoms with Crippen LogP contribution in [0.4, 0.5) is 4.39 Å². The third kappa shape index (κ3) is 4.43. The molecule has 146 valence electrons. The van der Waals surface area contributed by atoms with E-state index in [4.69, 9.17) is 11.6 Å². The summed E-state index contributed by atoms with van der Waals surface area (Å²) in [6.07, 6.45) is 3.36. The van der Waals surface area contributed by atoms with E-state index in [9.17, 15) is 9.18 Å². The number of halogens is 2. The van der Waals surface area contributed by atoms with Crippen LogP contribution in [-0.4, -0.2) is 51.7 Å². The number of hydrogen-bond donors (Lipinski definition) is 0. The second-order valence-corrected chi connectivity index (χ2v) is 8.18. The Morgan fingerprint density at radius 2 is 1.96 bits per heavy atom. The first-order valence-corrected chi connectivity index (χ1v) is 10.3. The van der Waals surface area contributed by atoms with Gasteiger partial charge in [0.15, 0.2) is 0 Å². The molecule has 1 amide bonds. The topological polar surface area (TPSA) is 41.4 Å². The SMILES string of the molecule is O=C(c1cc(Cn2cc(Cl)cn2)cs1)N1CCN(Cc2ccccc2F)CC1. The largest absolute Gasteiger partial charge is 0.335 e. The number of carbonyl (C=O) groups excluding carboxylic acids is 1. The van der Waals surface area contributed by atoms with Crippen LogP contribution < -0.4 is 0 Å². The molecule has 1 aliphatic rings. The molecular weight excluding hydrogens is 399 g/mol. The van der Waals surface area contributed by atoms with Crippen molar-refractivity contribution in [2.24, 2.45) is 0 Å². The van der Waals surface area contributed by atoms with E-state index in [1.807, 2.05) is 28.5 Å². The lowest BCUT2D eigenvalue weighted by atomic mass is 10.2. The van der Waals surface area contributed by atoms with Gasteiger partial charge in [-0.25, -0.2) is 4.39 Å². The molecule has 1 aliphatic heterocycles. The molecule has 0 bridgehead atoms. The molecule has 3 aromatic rings. The molecular formula is C20H20ClFN4OS. The molecule has 2 aromatic heterocycles. The first-order valence-electron chi connectivity index (χ1n) is 9.09. The molecule has 0 spiro atoms. The Labute approximate surface area is 171 Å². The van der Waals surface area contributed by atoms with Crippen molar-refractivity contribution in [1.82, 2.24) is 19.6 Å². The van der Waals surface area contributed by atoms with E-state index < -0.39 is 0 Å². The predicted octanol–water partition coefficient (Wildman–Crippen LogP) is 3.74. The fourth-order valence-electron chi connectivity index (χ4n) is 3.31. The van der Waals surface area contributed by atoms with Crippen molar-refractivity contribution in [3.05, 3.63) is 74.9 Å². The highest BCUT2D eigenvalue weighted by molar-refractivity contribution is 7.12. The van der Waals surface area contributed by atoms with Gasteiger partial charge in [-0.05, 0) is 23.1 Å². The van der Waals surface area contributed by atoms with Gasteiger partial charge in [-0.3, -0.25) is 14.4 Å². The van der Waals surface area contributed by atoms with Gasteiger partial charge in [0.2, 0.25) is 0 Å². The van der Waals surface area contributed by atoms with Crippen LogP contribution in [-0.2, 0) is 13.1 Å². The Morgan fingerprint density at radius 3 is 2.68 bits per heavy atom. The molecule has 1 fully saturated rings. The molecule has 4 rings (SSSR count). The zero-order valence-electron chi connectivity index (χ0n) is 15.2. The number of amides is 1. The van der Waals surface area contributed by atoms with Crippen molar-refractivity contribution in [3.8, 4) is 0 Å². The zero-order chi connectivity index (χ0) is 19.5. The van der Waals surface area contributed by atoms with Crippen LogP contribution in [0, 0.1) is 5.82 Å². The van der Waals surface area contributed by atoms with E-state index in [1.165, 1.54) is 17.4 Å². The van der Waals surface area contributed by atoms with Crippen molar-refractivity contribution in [2.75, 3.05) is 26.2 Å². The fraction of sp³-hybridized carbons (Fsp3) is 0.300. The van der Waals surface area contributed by atoms with E-state index in [1.54, 1.807) is 23.1 Å². The normalized spacial score (nSPS) is 15.1. The van der Waals surface area contributed by atoms with Gasteiger partial charge in [-0.2, -0.15) is 5.10 Å². The maximum absolute atomic E-state index is 13.8. The summed E-state index contributed by atoms with van der Waals surface area (Å²) in [5.74, 6) is -0.120. The summed E-state index contributed by atoms with van der Waals surface area (Å²) in [4.78, 5) is 17.6. The van der Waals surface area contributed by atoms with Gasteiger partial charge in [0.05, 0.1) is 22.6 Å². The van der Waals surface area contributed by atoms with E-state index >= 15 is 0 Å².